The summed E-state index contributed by atoms with van der Waals surface area (Å²) in [5.41, 5.74) is 3.67. The summed E-state index contributed by atoms with van der Waals surface area (Å²) < 4.78 is 5.57. The first-order valence-electron chi connectivity index (χ1n) is 11.0. The van der Waals surface area contributed by atoms with Crippen molar-refractivity contribution in [3.63, 3.8) is 0 Å². The molecule has 6 heteroatoms. The van der Waals surface area contributed by atoms with Crippen LogP contribution in [-0.2, 0) is 9.53 Å². The third-order valence-corrected chi connectivity index (χ3v) is 7.62. The van der Waals surface area contributed by atoms with Gasteiger partial charge in [-0.1, -0.05) is 41.9 Å². The minimum absolute atomic E-state index is 0.180. The monoisotopic (exact) mass is 439 g/mol. The van der Waals surface area contributed by atoms with E-state index in [1.54, 1.807) is 12.1 Å². The highest BCUT2D eigenvalue weighted by Gasteiger charge is 2.55. The van der Waals surface area contributed by atoms with Gasteiger partial charge in [-0.3, -0.25) is 4.79 Å². The Morgan fingerprint density at radius 1 is 1.10 bits per heavy atom. The van der Waals surface area contributed by atoms with Crippen LogP contribution < -0.4 is 0 Å². The SMILES string of the molecule is O=C(O)c1ccc(-c2ccc(C3CC34CCN(C(=O)C3CCCO3)CC4)cc2)c(Cl)c1. The van der Waals surface area contributed by atoms with Crippen LogP contribution in [0.1, 0.15) is 53.9 Å². The molecule has 3 aliphatic rings. The van der Waals surface area contributed by atoms with Crippen molar-refractivity contribution in [1.82, 2.24) is 4.90 Å². The molecular weight excluding hydrogens is 414 g/mol. The molecule has 2 atom stereocenters. The number of carboxylic acid groups (broad SMARTS) is 1. The van der Waals surface area contributed by atoms with Gasteiger partial charge in [0.15, 0.2) is 0 Å². The van der Waals surface area contributed by atoms with Gasteiger partial charge in [-0.15, -0.1) is 0 Å². The molecule has 31 heavy (non-hydrogen) atoms. The number of amides is 1. The summed E-state index contributed by atoms with van der Waals surface area (Å²) in [5.74, 6) is -0.252. The Hall–Kier alpha value is -2.37. The quantitative estimate of drug-likeness (QED) is 0.729. The molecule has 0 bridgehead atoms. The van der Waals surface area contributed by atoms with E-state index >= 15 is 0 Å². The maximum Gasteiger partial charge on any atom is 0.335 e. The van der Waals surface area contributed by atoms with E-state index in [1.165, 1.54) is 18.1 Å². The second kappa shape index (κ2) is 7.95. The number of rotatable bonds is 4. The summed E-state index contributed by atoms with van der Waals surface area (Å²) in [6.45, 7) is 2.37. The molecule has 2 saturated heterocycles. The number of carbonyl (C=O) groups excluding carboxylic acids is 1. The fourth-order valence-corrected chi connectivity index (χ4v) is 5.59. The first kappa shape index (κ1) is 20.5. The molecule has 1 saturated carbocycles. The maximum atomic E-state index is 12.6. The summed E-state index contributed by atoms with van der Waals surface area (Å²) in [5, 5.41) is 9.55. The fourth-order valence-electron chi connectivity index (χ4n) is 5.30. The van der Waals surface area contributed by atoms with Crippen molar-refractivity contribution in [2.24, 2.45) is 5.41 Å². The van der Waals surface area contributed by atoms with Gasteiger partial charge in [-0.25, -0.2) is 4.79 Å². The van der Waals surface area contributed by atoms with Crippen LogP contribution in [0.3, 0.4) is 0 Å². The van der Waals surface area contributed by atoms with Gasteiger partial charge in [0.2, 0.25) is 0 Å². The zero-order chi connectivity index (χ0) is 21.6. The third kappa shape index (κ3) is 3.85. The van der Waals surface area contributed by atoms with E-state index in [0.717, 1.165) is 49.9 Å². The van der Waals surface area contributed by atoms with Crippen LogP contribution in [0.15, 0.2) is 42.5 Å². The Labute approximate surface area is 187 Å². The van der Waals surface area contributed by atoms with E-state index in [2.05, 4.69) is 24.3 Å². The van der Waals surface area contributed by atoms with Crippen LogP contribution in [0.4, 0.5) is 0 Å². The standard InChI is InChI=1S/C25H26ClNO4/c26-21-14-18(24(29)30)7-8-19(21)16-3-5-17(6-4-16)20-15-25(20)9-11-27(12-10-25)23(28)22-2-1-13-31-22/h3-8,14,20,22H,1-2,9-13,15H2,(H,29,30). The van der Waals surface area contributed by atoms with Crippen molar-refractivity contribution in [1.29, 1.82) is 0 Å². The Morgan fingerprint density at radius 2 is 1.84 bits per heavy atom. The molecule has 2 unspecified atom stereocenters. The lowest BCUT2D eigenvalue weighted by molar-refractivity contribution is -0.142. The van der Waals surface area contributed by atoms with Gasteiger partial charge in [0.25, 0.3) is 5.91 Å². The molecule has 2 aromatic rings. The molecule has 1 N–H and O–H groups in total. The summed E-state index contributed by atoms with van der Waals surface area (Å²) >= 11 is 6.32. The van der Waals surface area contributed by atoms with Crippen LogP contribution >= 0.6 is 11.6 Å². The Morgan fingerprint density at radius 3 is 2.45 bits per heavy atom. The van der Waals surface area contributed by atoms with Crippen molar-refractivity contribution in [2.75, 3.05) is 19.7 Å². The highest BCUT2D eigenvalue weighted by atomic mass is 35.5. The molecule has 1 aliphatic carbocycles. The van der Waals surface area contributed by atoms with Crippen molar-refractivity contribution in [3.05, 3.63) is 58.6 Å². The molecule has 0 radical (unpaired) electrons. The Kier molecular flexibility index (Phi) is 5.27. The lowest BCUT2D eigenvalue weighted by atomic mass is 9.88. The van der Waals surface area contributed by atoms with E-state index in [4.69, 9.17) is 21.4 Å². The number of benzene rings is 2. The molecule has 5 nitrogen and oxygen atoms in total. The number of ether oxygens (including phenoxy) is 1. The number of carbonyl (C=O) groups is 2. The number of piperidine rings is 1. The zero-order valence-corrected chi connectivity index (χ0v) is 18.1. The first-order chi connectivity index (χ1) is 15.0. The molecule has 3 fully saturated rings. The van der Waals surface area contributed by atoms with Crippen LogP contribution in [0.25, 0.3) is 11.1 Å². The molecule has 0 aromatic heterocycles. The molecule has 5 rings (SSSR count). The molecule has 1 amide bonds. The summed E-state index contributed by atoms with van der Waals surface area (Å²) in [4.78, 5) is 25.7. The third-order valence-electron chi connectivity index (χ3n) is 7.31. The van der Waals surface area contributed by atoms with Gasteiger partial charge in [0, 0.05) is 30.3 Å². The summed E-state index contributed by atoms with van der Waals surface area (Å²) in [6, 6.07) is 13.3. The van der Waals surface area contributed by atoms with Crippen molar-refractivity contribution in [2.45, 2.75) is 44.1 Å². The lowest BCUT2D eigenvalue weighted by Crippen LogP contribution is -2.44. The minimum Gasteiger partial charge on any atom is -0.478 e. The van der Waals surface area contributed by atoms with E-state index in [-0.39, 0.29) is 17.6 Å². The maximum absolute atomic E-state index is 12.6. The fraction of sp³-hybridized carbons (Fsp3) is 0.440. The smallest absolute Gasteiger partial charge is 0.335 e. The van der Waals surface area contributed by atoms with Crippen LogP contribution in [0.5, 0.6) is 0 Å². The second-order valence-corrected chi connectivity index (χ2v) is 9.48. The first-order valence-corrected chi connectivity index (χ1v) is 11.4. The molecule has 2 heterocycles. The van der Waals surface area contributed by atoms with E-state index in [9.17, 15) is 9.59 Å². The average Bonchev–Trinajstić information content (AvgIpc) is 3.20. The molecular formula is C25H26ClNO4. The number of nitrogens with zero attached hydrogens (tertiary/aromatic N) is 1. The number of hydrogen-bond acceptors (Lipinski definition) is 3. The lowest BCUT2D eigenvalue weighted by Gasteiger charge is -2.34. The van der Waals surface area contributed by atoms with Crippen LogP contribution in [0, 0.1) is 5.41 Å². The largest absolute Gasteiger partial charge is 0.478 e. The van der Waals surface area contributed by atoms with E-state index in [0.29, 0.717) is 23.0 Å². The van der Waals surface area contributed by atoms with Gasteiger partial charge >= 0.3 is 5.97 Å². The van der Waals surface area contributed by atoms with E-state index in [1.807, 2.05) is 4.90 Å². The predicted octanol–water partition coefficient (Wildman–Crippen LogP) is 4.98. The van der Waals surface area contributed by atoms with Crippen molar-refractivity contribution < 1.29 is 19.4 Å². The second-order valence-electron chi connectivity index (χ2n) is 9.07. The van der Waals surface area contributed by atoms with Gasteiger partial charge in [-0.2, -0.15) is 0 Å². The Bertz CT molecular complexity index is 1000. The highest BCUT2D eigenvalue weighted by Crippen LogP contribution is 2.65. The summed E-state index contributed by atoms with van der Waals surface area (Å²) in [6.07, 6.45) is 4.93. The van der Waals surface area contributed by atoms with E-state index < -0.39 is 5.97 Å². The molecule has 162 valence electrons. The number of halogens is 1. The summed E-state index contributed by atoms with van der Waals surface area (Å²) in [7, 11) is 0. The van der Waals surface area contributed by atoms with Crippen molar-refractivity contribution in [3.8, 4) is 11.1 Å². The average molecular weight is 440 g/mol. The zero-order valence-electron chi connectivity index (χ0n) is 17.4. The molecule has 2 aromatic carbocycles. The topological polar surface area (TPSA) is 66.8 Å². The normalized spacial score (nSPS) is 24.4. The number of aromatic carboxylic acids is 1. The van der Waals surface area contributed by atoms with Gasteiger partial charge in [-0.05, 0) is 66.7 Å². The van der Waals surface area contributed by atoms with Crippen LogP contribution in [0.2, 0.25) is 5.02 Å². The molecule has 2 aliphatic heterocycles. The number of hydrogen-bond donors (Lipinski definition) is 1. The Balaban J connectivity index is 1.23. The van der Waals surface area contributed by atoms with Gasteiger partial charge in [0.05, 0.1) is 5.56 Å². The van der Waals surface area contributed by atoms with Gasteiger partial charge in [0.1, 0.15) is 6.10 Å². The predicted molar refractivity (Wildman–Crippen MR) is 118 cm³/mol. The minimum atomic E-state index is -0.980. The molecule has 1 spiro atoms. The van der Waals surface area contributed by atoms with Crippen molar-refractivity contribution >= 4 is 23.5 Å². The number of likely N-dealkylation sites (tertiary alicyclic amines) is 1. The number of carboxylic acids is 1. The highest BCUT2D eigenvalue weighted by molar-refractivity contribution is 6.33. The van der Waals surface area contributed by atoms with Crippen LogP contribution in [-0.4, -0.2) is 47.7 Å². The van der Waals surface area contributed by atoms with Gasteiger partial charge < -0.3 is 14.7 Å².